The van der Waals surface area contributed by atoms with Crippen LogP contribution >= 0.6 is 0 Å². The van der Waals surface area contributed by atoms with Gasteiger partial charge in [-0.2, -0.15) is 0 Å². The Morgan fingerprint density at radius 2 is 2.18 bits per heavy atom. The Kier molecular flexibility index (Phi) is 4.43. The van der Waals surface area contributed by atoms with E-state index in [1.165, 1.54) is 25.7 Å². The van der Waals surface area contributed by atoms with E-state index < -0.39 is 0 Å². The Balaban J connectivity index is 1.86. The van der Waals surface area contributed by atoms with E-state index in [1.807, 2.05) is 0 Å². The number of nitrogens with one attached hydrogen (secondary N) is 1. The average Bonchev–Trinajstić information content (AvgIpc) is 2.79. The maximum atomic E-state index is 12.3. The van der Waals surface area contributed by atoms with Crippen molar-refractivity contribution in [2.24, 2.45) is 11.8 Å². The molecule has 3 heteroatoms. The number of amides is 1. The number of piperidine rings is 1. The van der Waals surface area contributed by atoms with Crippen LogP contribution in [0.5, 0.6) is 0 Å². The lowest BCUT2D eigenvalue weighted by molar-refractivity contribution is -0.133. The number of likely N-dealkylation sites (tertiary alicyclic amines) is 1. The SMILES string of the molecule is CC(C)C1CCCN1C(=O)CC1CCCNC1. The van der Waals surface area contributed by atoms with Crippen molar-refractivity contribution in [1.82, 2.24) is 10.2 Å². The zero-order chi connectivity index (χ0) is 12.3. The summed E-state index contributed by atoms with van der Waals surface area (Å²) >= 11 is 0. The van der Waals surface area contributed by atoms with Crippen molar-refractivity contribution in [3.05, 3.63) is 0 Å². The highest BCUT2D eigenvalue weighted by Gasteiger charge is 2.31. The van der Waals surface area contributed by atoms with Gasteiger partial charge in [0.15, 0.2) is 0 Å². The highest BCUT2D eigenvalue weighted by molar-refractivity contribution is 5.77. The highest BCUT2D eigenvalue weighted by atomic mass is 16.2. The summed E-state index contributed by atoms with van der Waals surface area (Å²) in [6, 6.07) is 0.499. The summed E-state index contributed by atoms with van der Waals surface area (Å²) in [4.78, 5) is 14.5. The molecule has 0 aromatic rings. The zero-order valence-electron chi connectivity index (χ0n) is 11.2. The molecule has 2 heterocycles. The van der Waals surface area contributed by atoms with Crippen LogP contribution in [0.2, 0.25) is 0 Å². The Morgan fingerprint density at radius 3 is 2.82 bits per heavy atom. The number of hydrogen-bond acceptors (Lipinski definition) is 2. The van der Waals surface area contributed by atoms with Gasteiger partial charge in [0.25, 0.3) is 0 Å². The van der Waals surface area contributed by atoms with Crippen molar-refractivity contribution in [3.63, 3.8) is 0 Å². The van der Waals surface area contributed by atoms with Crippen molar-refractivity contribution < 1.29 is 4.79 Å². The molecule has 17 heavy (non-hydrogen) atoms. The Hall–Kier alpha value is -0.570. The molecule has 0 aromatic heterocycles. The minimum absolute atomic E-state index is 0.398. The molecular formula is C14H26N2O. The summed E-state index contributed by atoms with van der Waals surface area (Å²) in [6.45, 7) is 7.62. The van der Waals surface area contributed by atoms with Crippen molar-refractivity contribution >= 4 is 5.91 Å². The van der Waals surface area contributed by atoms with E-state index in [4.69, 9.17) is 0 Å². The lowest BCUT2D eigenvalue weighted by Gasteiger charge is -2.30. The van der Waals surface area contributed by atoms with E-state index in [1.54, 1.807) is 0 Å². The van der Waals surface area contributed by atoms with Crippen LogP contribution < -0.4 is 5.32 Å². The fourth-order valence-electron chi connectivity index (χ4n) is 3.26. The lowest BCUT2D eigenvalue weighted by atomic mass is 9.95. The first kappa shape index (κ1) is 12.9. The summed E-state index contributed by atoms with van der Waals surface area (Å²) < 4.78 is 0. The fourth-order valence-corrected chi connectivity index (χ4v) is 3.26. The molecule has 1 N–H and O–H groups in total. The second kappa shape index (κ2) is 5.85. The zero-order valence-corrected chi connectivity index (χ0v) is 11.2. The first-order chi connectivity index (χ1) is 8.18. The number of nitrogens with zero attached hydrogens (tertiary/aromatic N) is 1. The van der Waals surface area contributed by atoms with Gasteiger partial charge in [0, 0.05) is 19.0 Å². The topological polar surface area (TPSA) is 32.3 Å². The Morgan fingerprint density at radius 1 is 1.35 bits per heavy atom. The van der Waals surface area contributed by atoms with Gasteiger partial charge in [-0.05, 0) is 50.6 Å². The molecule has 98 valence electrons. The maximum absolute atomic E-state index is 12.3. The van der Waals surface area contributed by atoms with Gasteiger partial charge in [-0.1, -0.05) is 13.8 Å². The second-order valence-corrected chi connectivity index (χ2v) is 5.96. The maximum Gasteiger partial charge on any atom is 0.223 e. The summed E-state index contributed by atoms with van der Waals surface area (Å²) in [5.41, 5.74) is 0. The third kappa shape index (κ3) is 3.21. The van der Waals surface area contributed by atoms with Crippen LogP contribution in [-0.4, -0.2) is 36.5 Å². The summed E-state index contributed by atoms with van der Waals surface area (Å²) in [6.07, 6.45) is 5.60. The van der Waals surface area contributed by atoms with Gasteiger partial charge in [-0.25, -0.2) is 0 Å². The Labute approximate surface area is 105 Å². The third-order valence-electron chi connectivity index (χ3n) is 4.25. The Bertz CT molecular complexity index is 259. The smallest absolute Gasteiger partial charge is 0.223 e. The van der Waals surface area contributed by atoms with Crippen LogP contribution in [0.15, 0.2) is 0 Å². The molecule has 2 saturated heterocycles. The normalized spacial score (nSPS) is 29.9. The van der Waals surface area contributed by atoms with Gasteiger partial charge in [-0.3, -0.25) is 4.79 Å². The summed E-state index contributed by atoms with van der Waals surface area (Å²) in [5.74, 6) is 1.57. The summed E-state index contributed by atoms with van der Waals surface area (Å²) in [7, 11) is 0. The van der Waals surface area contributed by atoms with Crippen molar-refractivity contribution in [2.45, 2.75) is 52.0 Å². The minimum atomic E-state index is 0.398. The van der Waals surface area contributed by atoms with Crippen LogP contribution in [0.25, 0.3) is 0 Å². The number of carbonyl (C=O) groups excluding carboxylic acids is 1. The van der Waals surface area contributed by atoms with E-state index in [2.05, 4.69) is 24.1 Å². The molecule has 0 aliphatic carbocycles. The van der Waals surface area contributed by atoms with E-state index in [9.17, 15) is 4.79 Å². The standard InChI is InChI=1S/C14H26N2O/c1-11(2)13-6-4-8-16(13)14(17)9-12-5-3-7-15-10-12/h11-13,15H,3-10H2,1-2H3. The molecule has 0 aromatic carbocycles. The first-order valence-corrected chi connectivity index (χ1v) is 7.18. The number of hydrogen-bond donors (Lipinski definition) is 1. The quantitative estimate of drug-likeness (QED) is 0.816. The van der Waals surface area contributed by atoms with Crippen LogP contribution in [0.4, 0.5) is 0 Å². The van der Waals surface area contributed by atoms with Gasteiger partial charge in [0.2, 0.25) is 5.91 Å². The van der Waals surface area contributed by atoms with Gasteiger partial charge < -0.3 is 10.2 Å². The van der Waals surface area contributed by atoms with Gasteiger partial charge in [-0.15, -0.1) is 0 Å². The van der Waals surface area contributed by atoms with Crippen LogP contribution in [0.1, 0.15) is 46.0 Å². The third-order valence-corrected chi connectivity index (χ3v) is 4.25. The first-order valence-electron chi connectivity index (χ1n) is 7.18. The predicted octanol–water partition coefficient (Wildman–Crippen LogP) is 2.02. The average molecular weight is 238 g/mol. The highest BCUT2D eigenvalue weighted by Crippen LogP contribution is 2.26. The lowest BCUT2D eigenvalue weighted by Crippen LogP contribution is -2.41. The van der Waals surface area contributed by atoms with Crippen LogP contribution in [0, 0.1) is 11.8 Å². The van der Waals surface area contributed by atoms with Crippen LogP contribution in [0.3, 0.4) is 0 Å². The minimum Gasteiger partial charge on any atom is -0.339 e. The van der Waals surface area contributed by atoms with Crippen molar-refractivity contribution in [1.29, 1.82) is 0 Å². The molecule has 0 bridgehead atoms. The van der Waals surface area contributed by atoms with E-state index in [-0.39, 0.29) is 0 Å². The molecule has 2 rings (SSSR count). The summed E-state index contributed by atoms with van der Waals surface area (Å²) in [5, 5.41) is 3.39. The molecule has 2 unspecified atom stereocenters. The second-order valence-electron chi connectivity index (χ2n) is 5.96. The van der Waals surface area contributed by atoms with Gasteiger partial charge in [0.05, 0.1) is 0 Å². The van der Waals surface area contributed by atoms with Crippen molar-refractivity contribution in [3.8, 4) is 0 Å². The van der Waals surface area contributed by atoms with E-state index in [0.717, 1.165) is 26.1 Å². The van der Waals surface area contributed by atoms with Gasteiger partial charge in [0.1, 0.15) is 0 Å². The number of carbonyl (C=O) groups is 1. The molecule has 0 saturated carbocycles. The van der Waals surface area contributed by atoms with Crippen LogP contribution in [-0.2, 0) is 4.79 Å². The van der Waals surface area contributed by atoms with E-state index >= 15 is 0 Å². The van der Waals surface area contributed by atoms with Gasteiger partial charge >= 0.3 is 0 Å². The molecule has 0 spiro atoms. The molecule has 1 amide bonds. The largest absolute Gasteiger partial charge is 0.339 e. The molecular weight excluding hydrogens is 212 g/mol. The number of rotatable bonds is 3. The van der Waals surface area contributed by atoms with Crippen molar-refractivity contribution in [2.75, 3.05) is 19.6 Å². The molecule has 0 radical (unpaired) electrons. The monoisotopic (exact) mass is 238 g/mol. The molecule has 2 aliphatic heterocycles. The molecule has 2 aliphatic rings. The van der Waals surface area contributed by atoms with E-state index in [0.29, 0.717) is 23.8 Å². The molecule has 3 nitrogen and oxygen atoms in total. The molecule has 2 atom stereocenters. The molecule has 2 fully saturated rings. The fraction of sp³-hybridized carbons (Fsp3) is 0.929. The predicted molar refractivity (Wildman–Crippen MR) is 69.8 cm³/mol.